The van der Waals surface area contributed by atoms with Crippen LogP contribution in [-0.2, 0) is 0 Å². The molecule has 4 heterocycles. The molecule has 2 atom stereocenters. The summed E-state index contributed by atoms with van der Waals surface area (Å²) in [6, 6.07) is 54.8. The van der Waals surface area contributed by atoms with Gasteiger partial charge in [-0.2, -0.15) is 15.1 Å². The van der Waals surface area contributed by atoms with Crippen molar-refractivity contribution in [2.24, 2.45) is 5.10 Å². The Morgan fingerprint density at radius 1 is 0.519 bits per heavy atom. The molecule has 0 bridgehead atoms. The molecule has 3 aromatic heterocycles. The normalized spacial score (nSPS) is 17.4. The van der Waals surface area contributed by atoms with Gasteiger partial charge in [0.15, 0.2) is 11.6 Å². The molecule has 7 nitrogen and oxygen atoms in total. The Bertz CT molecular complexity index is 2900. The molecule has 0 amide bonds. The zero-order valence-electron chi connectivity index (χ0n) is 29.5. The summed E-state index contributed by atoms with van der Waals surface area (Å²) in [6.45, 7) is 2.29. The van der Waals surface area contributed by atoms with Crippen LogP contribution in [0.4, 0.5) is 5.69 Å². The number of fused-ring (bicyclic) bond motifs is 8. The van der Waals surface area contributed by atoms with Gasteiger partial charge >= 0.3 is 0 Å². The van der Waals surface area contributed by atoms with Crippen molar-refractivity contribution in [1.29, 1.82) is 0 Å². The number of nitrogens with zero attached hydrogens (tertiary/aromatic N) is 7. The topological polar surface area (TPSA) is 64.1 Å². The van der Waals surface area contributed by atoms with E-state index in [-0.39, 0.29) is 11.5 Å². The maximum absolute atomic E-state index is 5.13. The molecule has 2 unspecified atom stereocenters. The highest BCUT2D eigenvalue weighted by atomic mass is 15.5. The second-order valence-corrected chi connectivity index (χ2v) is 14.2. The molecule has 54 heavy (non-hydrogen) atoms. The van der Waals surface area contributed by atoms with E-state index in [4.69, 9.17) is 20.1 Å². The molecule has 0 saturated carbocycles. The number of hydrazone groups is 1. The van der Waals surface area contributed by atoms with Crippen molar-refractivity contribution in [2.75, 3.05) is 5.01 Å². The van der Waals surface area contributed by atoms with Crippen LogP contribution in [0.1, 0.15) is 24.1 Å². The molecule has 256 valence electrons. The summed E-state index contributed by atoms with van der Waals surface area (Å²) < 4.78 is 4.63. The third kappa shape index (κ3) is 4.48. The van der Waals surface area contributed by atoms with Crippen LogP contribution in [0.25, 0.3) is 73.2 Å². The van der Waals surface area contributed by atoms with Crippen molar-refractivity contribution < 1.29 is 0 Å². The Morgan fingerprint density at radius 2 is 1.09 bits per heavy atom. The van der Waals surface area contributed by atoms with E-state index >= 15 is 0 Å². The van der Waals surface area contributed by atoms with E-state index < -0.39 is 0 Å². The predicted molar refractivity (Wildman–Crippen MR) is 219 cm³/mol. The molecule has 7 heteroatoms. The average molecular weight is 696 g/mol. The quantitative estimate of drug-likeness (QED) is 0.180. The molecular formula is C47H33N7. The van der Waals surface area contributed by atoms with Gasteiger partial charge in [0.25, 0.3) is 0 Å². The van der Waals surface area contributed by atoms with Gasteiger partial charge in [-0.05, 0) is 49.4 Å². The van der Waals surface area contributed by atoms with Crippen LogP contribution in [0, 0.1) is 0 Å². The van der Waals surface area contributed by atoms with Crippen LogP contribution in [0.3, 0.4) is 0 Å². The molecule has 0 radical (unpaired) electrons. The van der Waals surface area contributed by atoms with Gasteiger partial charge in [0.2, 0.25) is 5.95 Å². The third-order valence-electron chi connectivity index (χ3n) is 11.1. The highest BCUT2D eigenvalue weighted by Crippen LogP contribution is 2.49. The van der Waals surface area contributed by atoms with Gasteiger partial charge in [-0.3, -0.25) is 9.58 Å². The maximum Gasteiger partial charge on any atom is 0.238 e. The van der Waals surface area contributed by atoms with Gasteiger partial charge in [0, 0.05) is 50.4 Å². The lowest BCUT2D eigenvalue weighted by Crippen LogP contribution is -2.44. The summed E-state index contributed by atoms with van der Waals surface area (Å²) in [5.74, 6) is 1.87. The molecule has 0 fully saturated rings. The second-order valence-electron chi connectivity index (χ2n) is 14.2. The van der Waals surface area contributed by atoms with E-state index in [1.54, 1.807) is 0 Å². The molecule has 0 spiro atoms. The standard InChI is InChI=1S/C47H33N7/c1-47-28-27-37-35-21-11-13-23-40(35)52(43(37)39(47)30-48-54(47)33-19-9-4-10-20-33)34-25-26-42-38(29-34)36-22-12-14-24-41(36)53(42)46-50-44(31-15-5-2-6-16-31)49-45(51-46)32-17-7-3-8-18-32/h2-30,39H,1H3. The van der Waals surface area contributed by atoms with Gasteiger partial charge in [-0.15, -0.1) is 0 Å². The number of rotatable bonds is 5. The van der Waals surface area contributed by atoms with E-state index in [9.17, 15) is 0 Å². The van der Waals surface area contributed by atoms with Crippen LogP contribution < -0.4 is 5.01 Å². The highest BCUT2D eigenvalue weighted by Gasteiger charge is 2.47. The molecule has 6 aromatic carbocycles. The first-order valence-corrected chi connectivity index (χ1v) is 18.3. The largest absolute Gasteiger partial charge is 0.312 e. The minimum absolute atomic E-state index is 0.0279. The molecule has 11 rings (SSSR count). The van der Waals surface area contributed by atoms with E-state index in [1.807, 2.05) is 66.7 Å². The number of aromatic nitrogens is 5. The fraction of sp³-hybridized carbons (Fsp3) is 0.0638. The fourth-order valence-electron chi connectivity index (χ4n) is 8.49. The summed E-state index contributed by atoms with van der Waals surface area (Å²) >= 11 is 0. The monoisotopic (exact) mass is 695 g/mol. The second kappa shape index (κ2) is 11.7. The SMILES string of the molecule is CC12C=Cc3c(n(-c4ccc5c(c4)c4ccccc4n5-c4nc(-c5ccccc5)nc(-c5ccccc5)n4)c4ccccc34)C1C=NN2c1ccccc1. The van der Waals surface area contributed by atoms with Gasteiger partial charge < -0.3 is 4.57 Å². The first-order valence-electron chi connectivity index (χ1n) is 18.3. The smallest absolute Gasteiger partial charge is 0.238 e. The van der Waals surface area contributed by atoms with E-state index in [1.165, 1.54) is 22.2 Å². The summed E-state index contributed by atoms with van der Waals surface area (Å²) in [5, 5.41) is 10.7. The van der Waals surface area contributed by atoms with Gasteiger partial charge in [0.1, 0.15) is 0 Å². The third-order valence-corrected chi connectivity index (χ3v) is 11.1. The highest BCUT2D eigenvalue weighted by molar-refractivity contribution is 6.10. The van der Waals surface area contributed by atoms with E-state index in [2.05, 4.69) is 130 Å². The lowest BCUT2D eigenvalue weighted by atomic mass is 9.78. The number of anilines is 1. The minimum atomic E-state index is -0.369. The Kier molecular flexibility index (Phi) is 6.61. The summed E-state index contributed by atoms with van der Waals surface area (Å²) in [6.07, 6.45) is 6.76. The van der Waals surface area contributed by atoms with Crippen molar-refractivity contribution in [3.63, 3.8) is 0 Å². The predicted octanol–water partition coefficient (Wildman–Crippen LogP) is 10.6. The lowest BCUT2D eigenvalue weighted by molar-refractivity contribution is 0.516. The average Bonchev–Trinajstić information content (AvgIpc) is 3.88. The van der Waals surface area contributed by atoms with E-state index in [0.717, 1.165) is 44.3 Å². The van der Waals surface area contributed by atoms with Crippen LogP contribution in [0.2, 0.25) is 0 Å². The maximum atomic E-state index is 5.13. The molecule has 2 aliphatic rings. The number of hydrogen-bond acceptors (Lipinski definition) is 5. The van der Waals surface area contributed by atoms with Gasteiger partial charge in [-0.25, -0.2) is 4.98 Å². The Hall–Kier alpha value is -7.12. The van der Waals surface area contributed by atoms with Crippen LogP contribution in [-0.4, -0.2) is 35.8 Å². The zero-order valence-corrected chi connectivity index (χ0v) is 29.5. The van der Waals surface area contributed by atoms with Crippen molar-refractivity contribution >= 4 is 50.7 Å². The van der Waals surface area contributed by atoms with Gasteiger partial charge in [-0.1, -0.05) is 127 Å². The van der Waals surface area contributed by atoms with Crippen molar-refractivity contribution in [3.05, 3.63) is 175 Å². The van der Waals surface area contributed by atoms with Crippen LogP contribution >= 0.6 is 0 Å². The fourth-order valence-corrected chi connectivity index (χ4v) is 8.49. The number of para-hydroxylation sites is 3. The molecule has 0 N–H and O–H groups in total. The Labute approximate surface area is 311 Å². The summed E-state index contributed by atoms with van der Waals surface area (Å²) in [4.78, 5) is 15.2. The van der Waals surface area contributed by atoms with Gasteiger partial charge in [0.05, 0.1) is 33.7 Å². The minimum Gasteiger partial charge on any atom is -0.312 e. The summed E-state index contributed by atoms with van der Waals surface area (Å²) in [7, 11) is 0. The first kappa shape index (κ1) is 30.5. The van der Waals surface area contributed by atoms with Crippen molar-refractivity contribution in [3.8, 4) is 34.4 Å². The summed E-state index contributed by atoms with van der Waals surface area (Å²) in [5.41, 5.74) is 9.39. The van der Waals surface area contributed by atoms with E-state index in [0.29, 0.717) is 17.6 Å². The van der Waals surface area contributed by atoms with Crippen LogP contribution in [0.5, 0.6) is 0 Å². The number of benzene rings is 6. The molecule has 0 saturated heterocycles. The first-order chi connectivity index (χ1) is 26.7. The zero-order chi connectivity index (χ0) is 35.8. The Morgan fingerprint density at radius 3 is 1.78 bits per heavy atom. The van der Waals surface area contributed by atoms with Crippen LogP contribution in [0.15, 0.2) is 169 Å². The molecular weight excluding hydrogens is 663 g/mol. The Balaban J connectivity index is 1.13. The molecule has 1 aliphatic heterocycles. The van der Waals surface area contributed by atoms with Crippen molar-refractivity contribution in [1.82, 2.24) is 24.1 Å². The molecule has 9 aromatic rings. The molecule has 1 aliphatic carbocycles. The van der Waals surface area contributed by atoms with Crippen molar-refractivity contribution in [2.45, 2.75) is 18.4 Å². The number of hydrogen-bond donors (Lipinski definition) is 0. The lowest BCUT2D eigenvalue weighted by Gasteiger charge is -2.39.